The van der Waals surface area contributed by atoms with Crippen molar-refractivity contribution in [2.75, 3.05) is 24.6 Å². The SMILES string of the molecule is O=C([C@@H]1CC[C@@]2(S(=O)(=O)c3ccc(F)cc3)c3ccc(C(F)(C(F)(F)F)C(F)(F)F)cc3CC[C@@H]12)N1CCS(=O)(=O)CC1. The topological polar surface area (TPSA) is 88.6 Å². The van der Waals surface area contributed by atoms with E-state index in [1.807, 2.05) is 0 Å². The van der Waals surface area contributed by atoms with Gasteiger partial charge in [-0.2, -0.15) is 26.3 Å². The number of fused-ring (bicyclic) bond motifs is 3. The molecule has 5 rings (SSSR count). The third-order valence-corrected chi connectivity index (χ3v) is 13.1. The summed E-state index contributed by atoms with van der Waals surface area (Å²) < 4.78 is 160. The number of hydrogen-bond donors (Lipinski definition) is 0. The maximum atomic E-state index is 14.9. The van der Waals surface area contributed by atoms with E-state index < -0.39 is 71.6 Å². The molecule has 0 unspecified atom stereocenters. The summed E-state index contributed by atoms with van der Waals surface area (Å²) in [7, 11) is -7.94. The van der Waals surface area contributed by atoms with Crippen molar-refractivity contribution in [3.63, 3.8) is 0 Å². The Morgan fingerprint density at radius 3 is 2.02 bits per heavy atom. The first-order chi connectivity index (χ1) is 19.8. The molecule has 3 aliphatic rings. The van der Waals surface area contributed by atoms with Crippen molar-refractivity contribution < 1.29 is 56.8 Å². The number of carbonyl (C=O) groups is 1. The number of hydrogen-bond acceptors (Lipinski definition) is 5. The number of halogens is 8. The minimum atomic E-state index is -6.37. The van der Waals surface area contributed by atoms with Crippen molar-refractivity contribution in [2.45, 2.75) is 53.3 Å². The number of nitrogens with zero attached hydrogens (tertiary/aromatic N) is 1. The highest BCUT2D eigenvalue weighted by Crippen LogP contribution is 2.61. The van der Waals surface area contributed by atoms with Gasteiger partial charge in [0.1, 0.15) is 10.6 Å². The molecule has 1 heterocycles. The molecule has 6 nitrogen and oxygen atoms in total. The average Bonchev–Trinajstić information content (AvgIpc) is 3.32. The summed E-state index contributed by atoms with van der Waals surface area (Å²) in [6, 6.07) is 5.12. The van der Waals surface area contributed by atoms with Crippen molar-refractivity contribution in [1.29, 1.82) is 0 Å². The summed E-state index contributed by atoms with van der Waals surface area (Å²) in [6.07, 6.45) is -13.4. The van der Waals surface area contributed by atoms with E-state index in [9.17, 15) is 56.8 Å². The zero-order valence-electron chi connectivity index (χ0n) is 22.2. The Kier molecular flexibility index (Phi) is 7.47. The van der Waals surface area contributed by atoms with Gasteiger partial charge in [0.05, 0.1) is 16.4 Å². The second-order valence-electron chi connectivity index (χ2n) is 11.1. The molecular formula is C27H25F8NO5S2. The zero-order chi connectivity index (χ0) is 31.8. The van der Waals surface area contributed by atoms with Crippen LogP contribution in [0.2, 0.25) is 0 Å². The van der Waals surface area contributed by atoms with Crippen LogP contribution in [0.1, 0.15) is 36.0 Å². The molecule has 0 bridgehead atoms. The first-order valence-electron chi connectivity index (χ1n) is 13.2. The molecule has 0 spiro atoms. The summed E-state index contributed by atoms with van der Waals surface area (Å²) in [6.45, 7) is -0.231. The van der Waals surface area contributed by atoms with Crippen LogP contribution in [0, 0.1) is 17.7 Å². The number of aryl methyl sites for hydroxylation is 1. The van der Waals surface area contributed by atoms with Crippen molar-refractivity contribution >= 4 is 25.6 Å². The highest BCUT2D eigenvalue weighted by molar-refractivity contribution is 7.92. The lowest BCUT2D eigenvalue weighted by atomic mass is 9.72. The van der Waals surface area contributed by atoms with Crippen molar-refractivity contribution in [2.24, 2.45) is 11.8 Å². The van der Waals surface area contributed by atoms with Crippen LogP contribution < -0.4 is 0 Å². The smallest absolute Gasteiger partial charge is 0.340 e. The highest BCUT2D eigenvalue weighted by Gasteiger charge is 2.74. The van der Waals surface area contributed by atoms with Crippen LogP contribution in [0.5, 0.6) is 0 Å². The molecule has 2 aromatic rings. The van der Waals surface area contributed by atoms with Crippen molar-refractivity contribution in [1.82, 2.24) is 4.90 Å². The van der Waals surface area contributed by atoms with Crippen LogP contribution >= 0.6 is 0 Å². The fraction of sp³-hybridized carbons (Fsp3) is 0.519. The lowest BCUT2D eigenvalue weighted by Gasteiger charge is -2.43. The van der Waals surface area contributed by atoms with Gasteiger partial charge in [0.15, 0.2) is 19.7 Å². The maximum absolute atomic E-state index is 14.9. The molecule has 43 heavy (non-hydrogen) atoms. The monoisotopic (exact) mass is 659 g/mol. The largest absolute Gasteiger partial charge is 0.435 e. The van der Waals surface area contributed by atoms with Gasteiger partial charge >= 0.3 is 18.0 Å². The van der Waals surface area contributed by atoms with Gasteiger partial charge in [-0.3, -0.25) is 4.79 Å². The van der Waals surface area contributed by atoms with E-state index in [0.29, 0.717) is 6.07 Å². The molecule has 0 aromatic heterocycles. The molecule has 2 aromatic carbocycles. The normalized spacial score (nSPS) is 26.1. The van der Waals surface area contributed by atoms with Gasteiger partial charge in [0.25, 0.3) is 0 Å². The van der Waals surface area contributed by atoms with Crippen LogP contribution in [0.15, 0.2) is 47.4 Å². The van der Waals surface area contributed by atoms with Crippen LogP contribution in [-0.2, 0) is 41.3 Å². The first-order valence-corrected chi connectivity index (χ1v) is 16.5. The van der Waals surface area contributed by atoms with E-state index in [1.54, 1.807) is 0 Å². The first kappa shape index (κ1) is 31.7. The molecular weight excluding hydrogens is 634 g/mol. The fourth-order valence-electron chi connectivity index (χ4n) is 6.84. The molecule has 1 amide bonds. The summed E-state index contributed by atoms with van der Waals surface area (Å²) in [5.41, 5.74) is -7.87. The van der Waals surface area contributed by atoms with Crippen LogP contribution in [0.25, 0.3) is 0 Å². The van der Waals surface area contributed by atoms with Gasteiger partial charge in [0, 0.05) is 24.6 Å². The lowest BCUT2D eigenvalue weighted by Crippen LogP contribution is -2.51. The summed E-state index contributed by atoms with van der Waals surface area (Å²) in [5, 5.41) is 0. The van der Waals surface area contributed by atoms with Crippen LogP contribution in [0.3, 0.4) is 0 Å². The number of carbonyl (C=O) groups excluding carboxylic acids is 1. The second kappa shape index (κ2) is 10.1. The third kappa shape index (κ3) is 4.82. The lowest BCUT2D eigenvalue weighted by molar-refractivity contribution is -0.348. The van der Waals surface area contributed by atoms with E-state index in [-0.39, 0.29) is 72.4 Å². The number of benzene rings is 2. The molecule has 1 aliphatic heterocycles. The summed E-state index contributed by atoms with van der Waals surface area (Å²) >= 11 is 0. The van der Waals surface area contributed by atoms with Crippen molar-refractivity contribution in [3.05, 3.63) is 65.0 Å². The Hall–Kier alpha value is -2.75. The Morgan fingerprint density at radius 1 is 0.884 bits per heavy atom. The molecule has 236 valence electrons. The number of alkyl halides is 7. The number of sulfone groups is 2. The van der Waals surface area contributed by atoms with Crippen molar-refractivity contribution in [3.8, 4) is 0 Å². The van der Waals surface area contributed by atoms with Gasteiger partial charge < -0.3 is 4.90 Å². The number of amides is 1. The van der Waals surface area contributed by atoms with E-state index in [2.05, 4.69) is 0 Å². The maximum Gasteiger partial charge on any atom is 0.435 e. The Morgan fingerprint density at radius 2 is 1.47 bits per heavy atom. The summed E-state index contributed by atoms with van der Waals surface area (Å²) in [4.78, 5) is 14.6. The Bertz CT molecular complexity index is 1630. The van der Waals surface area contributed by atoms with Gasteiger partial charge in [0.2, 0.25) is 5.91 Å². The molecule has 3 atom stereocenters. The number of rotatable bonds is 4. The molecule has 0 radical (unpaired) electrons. The van der Waals surface area contributed by atoms with E-state index >= 15 is 0 Å². The second-order valence-corrected chi connectivity index (χ2v) is 15.7. The molecule has 0 N–H and O–H groups in total. The summed E-state index contributed by atoms with van der Waals surface area (Å²) in [5.74, 6) is -3.82. The predicted octanol–water partition coefficient (Wildman–Crippen LogP) is 5.01. The van der Waals surface area contributed by atoms with Gasteiger partial charge in [-0.1, -0.05) is 18.2 Å². The molecule has 2 fully saturated rings. The van der Waals surface area contributed by atoms with Gasteiger partial charge in [-0.05, 0) is 67.0 Å². The average molecular weight is 660 g/mol. The van der Waals surface area contributed by atoms with Gasteiger partial charge in [-0.15, -0.1) is 0 Å². The molecule has 1 saturated carbocycles. The third-order valence-electron chi connectivity index (χ3n) is 8.95. The van der Waals surface area contributed by atoms with E-state index in [1.165, 1.54) is 4.90 Å². The Balaban J connectivity index is 1.65. The van der Waals surface area contributed by atoms with E-state index in [0.717, 1.165) is 30.3 Å². The molecule has 2 aliphatic carbocycles. The minimum absolute atomic E-state index is 0.0352. The van der Waals surface area contributed by atoms with Crippen LogP contribution in [0.4, 0.5) is 35.1 Å². The van der Waals surface area contributed by atoms with E-state index in [4.69, 9.17) is 0 Å². The highest BCUT2D eigenvalue weighted by atomic mass is 32.2. The predicted molar refractivity (Wildman–Crippen MR) is 136 cm³/mol. The molecule has 1 saturated heterocycles. The van der Waals surface area contributed by atoms with Crippen LogP contribution in [-0.4, -0.2) is 64.6 Å². The molecule has 16 heteroatoms. The minimum Gasteiger partial charge on any atom is -0.340 e. The van der Waals surface area contributed by atoms with Gasteiger partial charge in [-0.25, -0.2) is 25.6 Å². The fourth-order valence-corrected chi connectivity index (χ4v) is 10.5. The zero-order valence-corrected chi connectivity index (χ0v) is 23.8. The standard InChI is InChI=1S/C27H25F8NO5S2/c28-18-3-5-19(6-4-18)43(40,41)24-10-9-20(23(37)36-11-13-42(38,39)14-12-36)22(24)7-1-16-15-17(2-8-21(16)24)25(29,26(30,31)32)27(33,34)35/h2-6,8,15,20,22H,1,7,9-14H2/t20-,22+,24-/m1/s1. The Labute approximate surface area is 241 Å². The quantitative estimate of drug-likeness (QED) is 0.340.